The first kappa shape index (κ1) is 14.2. The van der Waals surface area contributed by atoms with Crippen molar-refractivity contribution in [1.29, 1.82) is 0 Å². The molecule has 90 valence electrons. The summed E-state index contributed by atoms with van der Waals surface area (Å²) in [5.74, 6) is 0.299. The Balaban J connectivity index is 4.22. The van der Waals surface area contributed by atoms with Crippen LogP contribution in [-0.4, -0.2) is 55.5 Å². The zero-order valence-electron chi connectivity index (χ0n) is 9.34. The van der Waals surface area contributed by atoms with Crippen molar-refractivity contribution >= 4 is 15.7 Å². The zero-order valence-corrected chi connectivity index (χ0v) is 10.2. The lowest BCUT2D eigenvalue weighted by atomic mass is 10.3. The molecule has 0 radical (unpaired) electrons. The molecule has 0 heterocycles. The minimum absolute atomic E-state index is 0.0754. The molecule has 0 rings (SSSR count). The molecule has 7 heteroatoms. The number of likely N-dealkylation sites (N-methyl/N-ethyl adjacent to an activating group) is 1. The van der Waals surface area contributed by atoms with Gasteiger partial charge in [-0.05, 0) is 14.0 Å². The highest BCUT2D eigenvalue weighted by Gasteiger charge is 2.16. The first-order valence-corrected chi connectivity index (χ1v) is 6.54. The van der Waals surface area contributed by atoms with Crippen LogP contribution in [0.5, 0.6) is 0 Å². The molecule has 0 spiro atoms. The van der Waals surface area contributed by atoms with Crippen molar-refractivity contribution in [2.75, 3.05) is 25.1 Å². The Kier molecular flexibility index (Phi) is 5.59. The van der Waals surface area contributed by atoms with Gasteiger partial charge in [-0.15, -0.1) is 0 Å². The summed E-state index contributed by atoms with van der Waals surface area (Å²) in [6.07, 6.45) is 0. The Bertz CT molecular complexity index is 313. The number of hydrogen-bond acceptors (Lipinski definition) is 5. The average Bonchev–Trinajstić information content (AvgIpc) is 2.23. The normalized spacial score (nSPS) is 15.6. The Hall–Kier alpha value is -0.820. The number of nitrogens with two attached hydrogens (primary N) is 1. The molecule has 0 fully saturated rings. The Morgan fingerprint density at radius 3 is 2.53 bits per heavy atom. The van der Waals surface area contributed by atoms with E-state index in [-0.39, 0.29) is 23.4 Å². The van der Waals surface area contributed by atoms with Gasteiger partial charge in [-0.1, -0.05) is 12.1 Å². The van der Waals surface area contributed by atoms with Crippen molar-refractivity contribution in [3.05, 3.63) is 0 Å². The highest BCUT2D eigenvalue weighted by molar-refractivity contribution is 7.91. The van der Waals surface area contributed by atoms with Crippen LogP contribution < -0.4 is 5.73 Å². The highest BCUT2D eigenvalue weighted by atomic mass is 32.2. The third-order valence-corrected chi connectivity index (χ3v) is 4.08. The van der Waals surface area contributed by atoms with Gasteiger partial charge in [0.25, 0.3) is 0 Å². The molecule has 0 aliphatic carbocycles. The van der Waals surface area contributed by atoms with Gasteiger partial charge in [0.05, 0.1) is 11.8 Å². The molecule has 1 atom stereocenters. The fourth-order valence-corrected chi connectivity index (χ4v) is 1.79. The highest BCUT2D eigenvalue weighted by Crippen LogP contribution is 1.98. The van der Waals surface area contributed by atoms with Crippen LogP contribution in [0.2, 0.25) is 0 Å². The Morgan fingerprint density at radius 2 is 2.13 bits per heavy atom. The second-order valence-electron chi connectivity index (χ2n) is 3.42. The van der Waals surface area contributed by atoms with Crippen LogP contribution in [0.15, 0.2) is 5.16 Å². The van der Waals surface area contributed by atoms with Gasteiger partial charge in [-0.3, -0.25) is 4.90 Å². The van der Waals surface area contributed by atoms with Crippen LogP contribution in [0.1, 0.15) is 13.8 Å². The van der Waals surface area contributed by atoms with Gasteiger partial charge < -0.3 is 10.9 Å². The minimum atomic E-state index is -2.97. The number of rotatable bonds is 6. The van der Waals surface area contributed by atoms with Gasteiger partial charge in [0.1, 0.15) is 0 Å². The van der Waals surface area contributed by atoms with Gasteiger partial charge in [0.2, 0.25) is 0 Å². The van der Waals surface area contributed by atoms with Crippen LogP contribution in [0.25, 0.3) is 0 Å². The van der Waals surface area contributed by atoms with E-state index in [1.165, 1.54) is 0 Å². The third-order valence-electron chi connectivity index (χ3n) is 2.40. The van der Waals surface area contributed by atoms with E-state index in [9.17, 15) is 8.42 Å². The van der Waals surface area contributed by atoms with Crippen LogP contribution in [0.4, 0.5) is 0 Å². The molecule has 0 saturated carbocycles. The minimum Gasteiger partial charge on any atom is -0.409 e. The summed E-state index contributed by atoms with van der Waals surface area (Å²) in [6.45, 7) is 3.73. The van der Waals surface area contributed by atoms with Crippen molar-refractivity contribution in [2.45, 2.75) is 19.9 Å². The lowest BCUT2D eigenvalue weighted by molar-refractivity contribution is 0.292. The maximum Gasteiger partial charge on any atom is 0.156 e. The molecular weight excluding hydrogens is 218 g/mol. The van der Waals surface area contributed by atoms with Crippen molar-refractivity contribution in [3.8, 4) is 0 Å². The molecule has 0 amide bonds. The standard InChI is InChI=1S/C8H19N3O3S/c1-4-15(13,14)6-5-11(3)7(2)8(9)10-12/h7,12H,4-6H2,1-3H3,(H2,9,10). The number of amidine groups is 1. The first-order valence-electron chi connectivity index (χ1n) is 4.72. The van der Waals surface area contributed by atoms with E-state index in [0.29, 0.717) is 6.54 Å². The predicted octanol–water partition coefficient (Wildman–Crippen LogP) is -0.512. The maximum absolute atomic E-state index is 11.2. The van der Waals surface area contributed by atoms with Crippen molar-refractivity contribution in [1.82, 2.24) is 4.90 Å². The van der Waals surface area contributed by atoms with Crippen LogP contribution in [-0.2, 0) is 9.84 Å². The number of oxime groups is 1. The lowest BCUT2D eigenvalue weighted by Crippen LogP contribution is -2.42. The van der Waals surface area contributed by atoms with Crippen molar-refractivity contribution < 1.29 is 13.6 Å². The summed E-state index contributed by atoms with van der Waals surface area (Å²) in [5.41, 5.74) is 5.40. The topological polar surface area (TPSA) is 96.0 Å². The fraction of sp³-hybridized carbons (Fsp3) is 0.875. The molecular formula is C8H19N3O3S. The predicted molar refractivity (Wildman–Crippen MR) is 59.8 cm³/mol. The summed E-state index contributed by atoms with van der Waals surface area (Å²) in [6, 6.07) is -0.276. The summed E-state index contributed by atoms with van der Waals surface area (Å²) in [5, 5.41) is 11.3. The van der Waals surface area contributed by atoms with Crippen LogP contribution >= 0.6 is 0 Å². The summed E-state index contributed by atoms with van der Waals surface area (Å²) in [7, 11) is -1.24. The monoisotopic (exact) mass is 237 g/mol. The largest absolute Gasteiger partial charge is 0.409 e. The molecule has 0 aromatic rings. The van der Waals surface area contributed by atoms with E-state index in [4.69, 9.17) is 10.9 Å². The van der Waals surface area contributed by atoms with E-state index < -0.39 is 9.84 Å². The van der Waals surface area contributed by atoms with Gasteiger partial charge >= 0.3 is 0 Å². The van der Waals surface area contributed by atoms with Crippen molar-refractivity contribution in [2.24, 2.45) is 10.9 Å². The quantitative estimate of drug-likeness (QED) is 0.281. The number of hydrogen-bond donors (Lipinski definition) is 2. The van der Waals surface area contributed by atoms with E-state index in [2.05, 4.69) is 5.16 Å². The molecule has 3 N–H and O–H groups in total. The molecule has 0 aromatic carbocycles. The molecule has 1 unspecified atom stereocenters. The van der Waals surface area contributed by atoms with E-state index >= 15 is 0 Å². The summed E-state index contributed by atoms with van der Waals surface area (Å²) in [4.78, 5) is 1.72. The second-order valence-corrected chi connectivity index (χ2v) is 5.89. The van der Waals surface area contributed by atoms with Crippen LogP contribution in [0.3, 0.4) is 0 Å². The molecule has 0 aliphatic heterocycles. The second kappa shape index (κ2) is 5.92. The molecule has 0 aromatic heterocycles. The Morgan fingerprint density at radius 1 is 1.60 bits per heavy atom. The van der Waals surface area contributed by atoms with Crippen LogP contribution in [0, 0.1) is 0 Å². The molecule has 6 nitrogen and oxygen atoms in total. The number of sulfone groups is 1. The summed E-state index contributed by atoms with van der Waals surface area (Å²) >= 11 is 0. The molecule has 15 heavy (non-hydrogen) atoms. The average molecular weight is 237 g/mol. The molecule has 0 bridgehead atoms. The van der Waals surface area contributed by atoms with E-state index in [0.717, 1.165) is 0 Å². The van der Waals surface area contributed by atoms with Gasteiger partial charge in [-0.25, -0.2) is 8.42 Å². The smallest absolute Gasteiger partial charge is 0.156 e. The zero-order chi connectivity index (χ0) is 12.1. The number of nitrogens with zero attached hydrogens (tertiary/aromatic N) is 2. The van der Waals surface area contributed by atoms with Gasteiger partial charge in [0.15, 0.2) is 15.7 Å². The van der Waals surface area contributed by atoms with E-state index in [1.54, 1.807) is 25.8 Å². The molecule has 0 saturated heterocycles. The third kappa shape index (κ3) is 4.98. The first-order chi connectivity index (χ1) is 6.84. The lowest BCUT2D eigenvalue weighted by Gasteiger charge is -2.22. The van der Waals surface area contributed by atoms with E-state index in [1.807, 2.05) is 0 Å². The fourth-order valence-electron chi connectivity index (χ4n) is 0.930. The summed E-state index contributed by atoms with van der Waals surface area (Å²) < 4.78 is 22.5. The van der Waals surface area contributed by atoms with Gasteiger partial charge in [0, 0.05) is 12.3 Å². The Labute approximate surface area is 90.7 Å². The van der Waals surface area contributed by atoms with Gasteiger partial charge in [-0.2, -0.15) is 0 Å². The van der Waals surface area contributed by atoms with Crippen molar-refractivity contribution in [3.63, 3.8) is 0 Å². The SMILES string of the molecule is CCS(=O)(=O)CCN(C)C(C)C(N)=NO. The maximum atomic E-state index is 11.2. The molecule has 0 aliphatic rings.